The van der Waals surface area contributed by atoms with Gasteiger partial charge in [-0.05, 0) is 36.8 Å². The maximum absolute atomic E-state index is 13.3. The fourth-order valence-electron chi connectivity index (χ4n) is 3.34. The molecule has 6 heteroatoms. The molecule has 1 fully saturated rings. The van der Waals surface area contributed by atoms with Gasteiger partial charge in [-0.1, -0.05) is 18.2 Å². The van der Waals surface area contributed by atoms with Gasteiger partial charge in [0.2, 0.25) is 5.91 Å². The first-order chi connectivity index (χ1) is 12.5. The van der Waals surface area contributed by atoms with E-state index < -0.39 is 0 Å². The second-order valence-corrected chi connectivity index (χ2v) is 6.71. The van der Waals surface area contributed by atoms with Gasteiger partial charge < -0.3 is 9.80 Å². The molecule has 1 unspecified atom stereocenters. The van der Waals surface area contributed by atoms with E-state index in [4.69, 9.17) is 0 Å². The van der Waals surface area contributed by atoms with Crippen LogP contribution in [0.25, 0.3) is 0 Å². The highest BCUT2D eigenvalue weighted by Crippen LogP contribution is 2.15. The third-order valence-corrected chi connectivity index (χ3v) is 4.88. The first-order valence-electron chi connectivity index (χ1n) is 8.94. The second-order valence-electron chi connectivity index (χ2n) is 6.71. The molecule has 0 radical (unpaired) electrons. The van der Waals surface area contributed by atoms with Crippen LogP contribution in [0.4, 0.5) is 10.2 Å². The standard InChI is InChI=1S/C20H25FN4O/c1-16(20(26)23(2)15-17-6-5-7-18(21)14-17)24-10-12-25(13-11-24)19-8-3-4-9-22-19/h3-9,14,16H,10-13,15H2,1-2H3. The monoisotopic (exact) mass is 356 g/mol. The molecule has 3 rings (SSSR count). The van der Waals surface area contributed by atoms with E-state index in [0.29, 0.717) is 6.54 Å². The van der Waals surface area contributed by atoms with Crippen molar-refractivity contribution in [1.29, 1.82) is 0 Å². The molecule has 1 saturated heterocycles. The average molecular weight is 356 g/mol. The number of halogens is 1. The Kier molecular flexibility index (Phi) is 5.83. The number of carbonyl (C=O) groups is 1. The molecular formula is C20H25FN4O. The van der Waals surface area contributed by atoms with Gasteiger partial charge in [0.25, 0.3) is 0 Å². The van der Waals surface area contributed by atoms with Crippen molar-refractivity contribution in [1.82, 2.24) is 14.8 Å². The Labute approximate surface area is 154 Å². The summed E-state index contributed by atoms with van der Waals surface area (Å²) in [6.07, 6.45) is 1.80. The number of hydrogen-bond acceptors (Lipinski definition) is 4. The maximum atomic E-state index is 13.3. The van der Waals surface area contributed by atoms with Crippen molar-refractivity contribution in [3.63, 3.8) is 0 Å². The van der Waals surface area contributed by atoms with E-state index in [1.165, 1.54) is 12.1 Å². The molecule has 2 heterocycles. The number of likely N-dealkylation sites (N-methyl/N-ethyl adjacent to an activating group) is 1. The molecule has 2 aromatic rings. The Morgan fingerprint density at radius 1 is 1.19 bits per heavy atom. The van der Waals surface area contributed by atoms with Crippen LogP contribution in [-0.4, -0.2) is 60.0 Å². The van der Waals surface area contributed by atoms with Gasteiger partial charge in [0, 0.05) is 46.0 Å². The molecule has 26 heavy (non-hydrogen) atoms. The molecular weight excluding hydrogens is 331 g/mol. The van der Waals surface area contributed by atoms with Crippen LogP contribution in [0.3, 0.4) is 0 Å². The normalized spacial score (nSPS) is 16.3. The maximum Gasteiger partial charge on any atom is 0.239 e. The summed E-state index contributed by atoms with van der Waals surface area (Å²) in [7, 11) is 1.77. The third-order valence-electron chi connectivity index (χ3n) is 4.88. The van der Waals surface area contributed by atoms with Crippen molar-refractivity contribution >= 4 is 11.7 Å². The predicted octanol–water partition coefficient (Wildman–Crippen LogP) is 2.39. The minimum atomic E-state index is -0.276. The van der Waals surface area contributed by atoms with Crippen molar-refractivity contribution < 1.29 is 9.18 Å². The zero-order chi connectivity index (χ0) is 18.5. The Morgan fingerprint density at radius 2 is 1.96 bits per heavy atom. The van der Waals surface area contributed by atoms with Crippen molar-refractivity contribution in [3.05, 3.63) is 60.0 Å². The van der Waals surface area contributed by atoms with Crippen LogP contribution >= 0.6 is 0 Å². The summed E-state index contributed by atoms with van der Waals surface area (Å²) in [6, 6.07) is 12.1. The topological polar surface area (TPSA) is 39.7 Å². The SMILES string of the molecule is CC(C(=O)N(C)Cc1cccc(F)c1)N1CCN(c2ccccn2)CC1. The number of amides is 1. The molecule has 1 aliphatic heterocycles. The van der Waals surface area contributed by atoms with Crippen LogP contribution in [0.15, 0.2) is 48.7 Å². The van der Waals surface area contributed by atoms with Crippen molar-refractivity contribution in [2.45, 2.75) is 19.5 Å². The smallest absolute Gasteiger partial charge is 0.239 e. The number of aromatic nitrogens is 1. The number of benzene rings is 1. The van der Waals surface area contributed by atoms with Crippen LogP contribution in [0, 0.1) is 5.82 Å². The number of anilines is 1. The Balaban J connectivity index is 1.54. The highest BCUT2D eigenvalue weighted by molar-refractivity contribution is 5.81. The Morgan fingerprint density at radius 3 is 2.62 bits per heavy atom. The predicted molar refractivity (Wildman–Crippen MR) is 100 cm³/mol. The van der Waals surface area contributed by atoms with Crippen molar-refractivity contribution in [3.8, 4) is 0 Å². The summed E-state index contributed by atoms with van der Waals surface area (Å²) in [5.74, 6) is 0.761. The lowest BCUT2D eigenvalue weighted by atomic mass is 10.1. The first-order valence-corrected chi connectivity index (χ1v) is 8.94. The number of nitrogens with zero attached hydrogens (tertiary/aromatic N) is 4. The first kappa shape index (κ1) is 18.3. The summed E-state index contributed by atoms with van der Waals surface area (Å²) in [5.41, 5.74) is 0.799. The molecule has 1 aromatic carbocycles. The van der Waals surface area contributed by atoms with Gasteiger partial charge in [0.05, 0.1) is 6.04 Å². The highest BCUT2D eigenvalue weighted by Gasteiger charge is 2.27. The molecule has 1 aromatic heterocycles. The van der Waals surface area contributed by atoms with E-state index >= 15 is 0 Å². The van der Waals surface area contributed by atoms with Crippen LogP contribution in [0.5, 0.6) is 0 Å². The second kappa shape index (κ2) is 8.27. The van der Waals surface area contributed by atoms with E-state index in [2.05, 4.69) is 14.8 Å². The fraction of sp³-hybridized carbons (Fsp3) is 0.400. The fourth-order valence-corrected chi connectivity index (χ4v) is 3.34. The number of pyridine rings is 1. The number of hydrogen-bond donors (Lipinski definition) is 0. The van der Waals surface area contributed by atoms with Crippen molar-refractivity contribution in [2.24, 2.45) is 0 Å². The van der Waals surface area contributed by atoms with Gasteiger partial charge in [0.15, 0.2) is 0 Å². The molecule has 0 bridgehead atoms. The molecule has 0 aliphatic carbocycles. The molecule has 1 aliphatic rings. The summed E-state index contributed by atoms with van der Waals surface area (Å²) in [5, 5.41) is 0. The van der Waals surface area contributed by atoms with E-state index in [1.807, 2.05) is 31.2 Å². The number of piperazine rings is 1. The minimum Gasteiger partial charge on any atom is -0.354 e. The molecule has 0 spiro atoms. The molecule has 1 atom stereocenters. The van der Waals surface area contributed by atoms with Crippen molar-refractivity contribution in [2.75, 3.05) is 38.1 Å². The largest absolute Gasteiger partial charge is 0.354 e. The molecule has 138 valence electrons. The summed E-state index contributed by atoms with van der Waals surface area (Å²) in [4.78, 5) is 23.2. The lowest BCUT2D eigenvalue weighted by molar-refractivity contribution is -0.135. The summed E-state index contributed by atoms with van der Waals surface area (Å²) >= 11 is 0. The quantitative estimate of drug-likeness (QED) is 0.825. The van der Waals surface area contributed by atoms with Crippen LogP contribution in [-0.2, 0) is 11.3 Å². The lowest BCUT2D eigenvalue weighted by Gasteiger charge is -2.39. The number of carbonyl (C=O) groups excluding carboxylic acids is 1. The van der Waals surface area contributed by atoms with Gasteiger partial charge in [0.1, 0.15) is 11.6 Å². The van der Waals surface area contributed by atoms with E-state index in [1.54, 1.807) is 24.2 Å². The molecule has 0 N–H and O–H groups in total. The van der Waals surface area contributed by atoms with Crippen LogP contribution in [0.2, 0.25) is 0 Å². The van der Waals surface area contributed by atoms with Gasteiger partial charge in [-0.3, -0.25) is 9.69 Å². The average Bonchev–Trinajstić information content (AvgIpc) is 2.67. The molecule has 5 nitrogen and oxygen atoms in total. The zero-order valence-corrected chi connectivity index (χ0v) is 15.3. The zero-order valence-electron chi connectivity index (χ0n) is 15.3. The van der Waals surface area contributed by atoms with Crippen LogP contribution < -0.4 is 4.90 Å². The Hall–Kier alpha value is -2.47. The summed E-state index contributed by atoms with van der Waals surface area (Å²) < 4.78 is 13.3. The lowest BCUT2D eigenvalue weighted by Crippen LogP contribution is -2.54. The number of rotatable bonds is 5. The van der Waals surface area contributed by atoms with Gasteiger partial charge >= 0.3 is 0 Å². The minimum absolute atomic E-state index is 0.0561. The van der Waals surface area contributed by atoms with Crippen LogP contribution in [0.1, 0.15) is 12.5 Å². The van der Waals surface area contributed by atoms with Gasteiger partial charge in [-0.25, -0.2) is 9.37 Å². The van der Waals surface area contributed by atoms with E-state index in [-0.39, 0.29) is 17.8 Å². The molecule has 1 amide bonds. The van der Waals surface area contributed by atoms with E-state index in [0.717, 1.165) is 37.6 Å². The highest BCUT2D eigenvalue weighted by atomic mass is 19.1. The van der Waals surface area contributed by atoms with E-state index in [9.17, 15) is 9.18 Å². The summed E-state index contributed by atoms with van der Waals surface area (Å²) in [6.45, 7) is 5.69. The van der Waals surface area contributed by atoms with Gasteiger partial charge in [-0.15, -0.1) is 0 Å². The third kappa shape index (κ3) is 4.38. The molecule has 0 saturated carbocycles. The Bertz CT molecular complexity index is 732. The van der Waals surface area contributed by atoms with Gasteiger partial charge in [-0.2, -0.15) is 0 Å².